The van der Waals surface area contributed by atoms with Crippen LogP contribution in [0, 0.1) is 11.8 Å². The molecule has 0 saturated carbocycles. The molecule has 14 heavy (non-hydrogen) atoms. The molecule has 0 radical (unpaired) electrons. The minimum Gasteiger partial charge on any atom is -0.507 e. The number of phenols is 2. The summed E-state index contributed by atoms with van der Waals surface area (Å²) in [4.78, 5) is 10.4. The summed E-state index contributed by atoms with van der Waals surface area (Å²) in [7, 11) is 0. The molecule has 0 aliphatic heterocycles. The highest BCUT2D eigenvalue weighted by atomic mass is 16.3. The van der Waals surface area contributed by atoms with Crippen molar-refractivity contribution < 1.29 is 15.0 Å². The first-order valence-corrected chi connectivity index (χ1v) is 3.89. The zero-order valence-electron chi connectivity index (χ0n) is 7.32. The Hall–Kier alpha value is -2.15. The van der Waals surface area contributed by atoms with Crippen molar-refractivity contribution in [2.24, 2.45) is 5.73 Å². The van der Waals surface area contributed by atoms with Gasteiger partial charge in [-0.15, -0.1) is 0 Å². The quantitative estimate of drug-likeness (QED) is 0.559. The van der Waals surface area contributed by atoms with E-state index in [1.807, 2.05) is 0 Å². The maximum atomic E-state index is 10.4. The van der Waals surface area contributed by atoms with Crippen molar-refractivity contribution in [1.29, 1.82) is 0 Å². The average molecular weight is 191 g/mol. The molecule has 0 fully saturated rings. The van der Waals surface area contributed by atoms with Crippen LogP contribution in [0.2, 0.25) is 0 Å². The lowest BCUT2D eigenvalue weighted by atomic mass is 10.2. The zero-order chi connectivity index (χ0) is 10.6. The van der Waals surface area contributed by atoms with E-state index in [0.29, 0.717) is 0 Å². The Morgan fingerprint density at radius 3 is 2.43 bits per heavy atom. The summed E-state index contributed by atoms with van der Waals surface area (Å²) in [6.45, 7) is 0. The van der Waals surface area contributed by atoms with Gasteiger partial charge in [0.05, 0.1) is 6.42 Å². The van der Waals surface area contributed by atoms with Crippen LogP contribution in [-0.4, -0.2) is 16.1 Å². The highest BCUT2D eigenvalue weighted by molar-refractivity contribution is 5.76. The summed E-state index contributed by atoms with van der Waals surface area (Å²) in [5, 5.41) is 18.6. The molecule has 1 aromatic carbocycles. The molecular formula is C10H9NO3. The first-order chi connectivity index (χ1) is 6.61. The van der Waals surface area contributed by atoms with E-state index >= 15 is 0 Å². The molecule has 0 unspecified atom stereocenters. The van der Waals surface area contributed by atoms with Gasteiger partial charge in [-0.25, -0.2) is 0 Å². The number of primary amides is 1. The number of rotatable bonds is 1. The van der Waals surface area contributed by atoms with Crippen LogP contribution in [0.1, 0.15) is 12.0 Å². The average Bonchev–Trinajstić information content (AvgIpc) is 2.09. The number of amides is 1. The second-order valence-corrected chi connectivity index (χ2v) is 2.62. The first kappa shape index (κ1) is 9.93. The van der Waals surface area contributed by atoms with Gasteiger partial charge in [0.2, 0.25) is 5.91 Å². The van der Waals surface area contributed by atoms with E-state index in [-0.39, 0.29) is 23.5 Å². The maximum absolute atomic E-state index is 10.4. The number of phenolic OH excluding ortho intramolecular Hbond substituents is 2. The van der Waals surface area contributed by atoms with E-state index in [1.54, 1.807) is 0 Å². The van der Waals surface area contributed by atoms with Crippen molar-refractivity contribution in [1.82, 2.24) is 0 Å². The number of aromatic hydroxyl groups is 2. The van der Waals surface area contributed by atoms with Gasteiger partial charge in [-0.05, 0) is 12.1 Å². The first-order valence-electron chi connectivity index (χ1n) is 3.89. The van der Waals surface area contributed by atoms with Crippen molar-refractivity contribution in [3.8, 4) is 23.3 Å². The van der Waals surface area contributed by atoms with E-state index in [1.165, 1.54) is 18.2 Å². The molecule has 1 rings (SSSR count). The Morgan fingerprint density at radius 2 is 1.93 bits per heavy atom. The van der Waals surface area contributed by atoms with Gasteiger partial charge in [0.25, 0.3) is 0 Å². The van der Waals surface area contributed by atoms with E-state index in [4.69, 9.17) is 5.73 Å². The zero-order valence-corrected chi connectivity index (χ0v) is 7.32. The van der Waals surface area contributed by atoms with Crippen molar-refractivity contribution >= 4 is 5.91 Å². The second-order valence-electron chi connectivity index (χ2n) is 2.62. The molecule has 0 bridgehead atoms. The van der Waals surface area contributed by atoms with E-state index in [9.17, 15) is 15.0 Å². The highest BCUT2D eigenvalue weighted by Gasteiger charge is 2.02. The van der Waals surface area contributed by atoms with Crippen molar-refractivity contribution in [3.05, 3.63) is 23.8 Å². The third-order valence-corrected chi connectivity index (χ3v) is 1.50. The predicted octanol–water partition coefficient (Wildman–Crippen LogP) is 0.325. The van der Waals surface area contributed by atoms with Gasteiger partial charge in [0, 0.05) is 0 Å². The summed E-state index contributed by atoms with van der Waals surface area (Å²) in [5.41, 5.74) is 4.97. The van der Waals surface area contributed by atoms with Gasteiger partial charge >= 0.3 is 0 Å². The molecule has 0 heterocycles. The van der Waals surface area contributed by atoms with Crippen molar-refractivity contribution in [3.63, 3.8) is 0 Å². The SMILES string of the molecule is NC(=O)CC#Cc1c(O)cccc1O. The van der Waals surface area contributed by atoms with E-state index in [0.717, 1.165) is 0 Å². The number of benzene rings is 1. The smallest absolute Gasteiger partial charge is 0.229 e. The van der Waals surface area contributed by atoms with Crippen molar-refractivity contribution in [2.75, 3.05) is 0 Å². The van der Waals surface area contributed by atoms with E-state index in [2.05, 4.69) is 11.8 Å². The van der Waals surface area contributed by atoms with E-state index < -0.39 is 5.91 Å². The monoisotopic (exact) mass is 191 g/mol. The van der Waals surface area contributed by atoms with Crippen LogP contribution in [0.3, 0.4) is 0 Å². The number of carbonyl (C=O) groups is 1. The Bertz CT molecular complexity index is 395. The van der Waals surface area contributed by atoms with Crippen LogP contribution >= 0.6 is 0 Å². The van der Waals surface area contributed by atoms with Gasteiger partial charge in [0.15, 0.2) is 0 Å². The van der Waals surface area contributed by atoms with Crippen LogP contribution in [0.4, 0.5) is 0 Å². The third-order valence-electron chi connectivity index (χ3n) is 1.50. The molecular weight excluding hydrogens is 182 g/mol. The van der Waals surface area contributed by atoms with Crippen molar-refractivity contribution in [2.45, 2.75) is 6.42 Å². The Balaban J connectivity index is 2.94. The van der Waals surface area contributed by atoms with Gasteiger partial charge in [0.1, 0.15) is 17.1 Å². The van der Waals surface area contributed by atoms with Gasteiger partial charge in [-0.3, -0.25) is 4.79 Å². The Morgan fingerprint density at radius 1 is 1.36 bits per heavy atom. The summed E-state index contributed by atoms with van der Waals surface area (Å²) in [6, 6.07) is 4.28. The second kappa shape index (κ2) is 4.19. The Labute approximate surface area is 81.0 Å². The van der Waals surface area contributed by atoms with Crippen LogP contribution < -0.4 is 5.73 Å². The summed E-state index contributed by atoms with van der Waals surface area (Å²) < 4.78 is 0. The molecule has 1 amide bonds. The fourth-order valence-corrected chi connectivity index (χ4v) is 0.876. The van der Waals surface area contributed by atoms with Gasteiger partial charge in [-0.2, -0.15) is 0 Å². The minimum absolute atomic E-state index is 0.103. The molecule has 1 aromatic rings. The molecule has 4 N–H and O–H groups in total. The van der Waals surface area contributed by atoms with Crippen LogP contribution in [0.15, 0.2) is 18.2 Å². The molecule has 0 saturated heterocycles. The number of hydrogen-bond acceptors (Lipinski definition) is 3. The van der Waals surface area contributed by atoms with Gasteiger partial charge in [-0.1, -0.05) is 17.9 Å². The molecule has 0 aliphatic carbocycles. The molecule has 0 aromatic heterocycles. The summed E-state index contributed by atoms with van der Waals surface area (Å²) >= 11 is 0. The topological polar surface area (TPSA) is 83.6 Å². The lowest BCUT2D eigenvalue weighted by molar-refractivity contribution is -0.117. The number of hydrogen-bond donors (Lipinski definition) is 3. The standard InChI is InChI=1S/C10H9NO3/c11-10(14)6-1-3-7-8(12)4-2-5-9(7)13/h2,4-5,12-13H,6H2,(H2,11,14). The summed E-state index contributed by atoms with van der Waals surface area (Å²) in [6.07, 6.45) is -0.103. The normalized spacial score (nSPS) is 8.86. The molecule has 4 heteroatoms. The molecule has 72 valence electrons. The van der Waals surface area contributed by atoms with Crippen LogP contribution in [-0.2, 0) is 4.79 Å². The predicted molar refractivity (Wildman–Crippen MR) is 50.5 cm³/mol. The maximum Gasteiger partial charge on any atom is 0.229 e. The fourth-order valence-electron chi connectivity index (χ4n) is 0.876. The molecule has 0 spiro atoms. The third kappa shape index (κ3) is 2.42. The highest BCUT2D eigenvalue weighted by Crippen LogP contribution is 2.24. The molecule has 4 nitrogen and oxygen atoms in total. The number of nitrogens with two attached hydrogens (primary N) is 1. The lowest BCUT2D eigenvalue weighted by Gasteiger charge is -1.98. The fraction of sp³-hybridized carbons (Fsp3) is 0.100. The molecule has 0 atom stereocenters. The minimum atomic E-state index is -0.549. The molecule has 0 aliphatic rings. The van der Waals surface area contributed by atoms with Crippen LogP contribution in [0.5, 0.6) is 11.5 Å². The Kier molecular flexibility index (Phi) is 2.97. The number of carbonyl (C=O) groups excluding carboxylic acids is 1. The summed E-state index contributed by atoms with van der Waals surface area (Å²) in [5.74, 6) is 4.10. The lowest BCUT2D eigenvalue weighted by Crippen LogP contribution is -2.08. The van der Waals surface area contributed by atoms with Gasteiger partial charge < -0.3 is 15.9 Å². The largest absolute Gasteiger partial charge is 0.507 e. The van der Waals surface area contributed by atoms with Crippen LogP contribution in [0.25, 0.3) is 0 Å².